The highest BCUT2D eigenvalue weighted by molar-refractivity contribution is 6.30. The molecule has 0 atom stereocenters. The standard InChI is InChI=1S/C21H25ClN2O3/c1-3-27-19-8-7-17(14-20(19)26-2)21(25)24-11-9-23(10-12-24)15-16-5-4-6-18(22)13-16/h4-8,13-14H,3,9-12,15H2,1-2H3. The van der Waals surface area contributed by atoms with Gasteiger partial charge >= 0.3 is 0 Å². The van der Waals surface area contributed by atoms with Gasteiger partial charge in [-0.15, -0.1) is 0 Å². The minimum absolute atomic E-state index is 0.0266. The molecule has 0 spiro atoms. The van der Waals surface area contributed by atoms with E-state index in [1.807, 2.05) is 30.0 Å². The molecule has 0 N–H and O–H groups in total. The highest BCUT2D eigenvalue weighted by Gasteiger charge is 2.23. The second-order valence-electron chi connectivity index (χ2n) is 6.50. The van der Waals surface area contributed by atoms with E-state index in [4.69, 9.17) is 21.1 Å². The number of carbonyl (C=O) groups excluding carboxylic acids is 1. The van der Waals surface area contributed by atoms with Crippen LogP contribution in [0.1, 0.15) is 22.8 Å². The van der Waals surface area contributed by atoms with Gasteiger partial charge in [-0.2, -0.15) is 0 Å². The molecule has 1 heterocycles. The molecule has 1 saturated heterocycles. The van der Waals surface area contributed by atoms with Gasteiger partial charge in [-0.3, -0.25) is 9.69 Å². The second kappa shape index (κ2) is 9.11. The maximum Gasteiger partial charge on any atom is 0.254 e. The number of hydrogen-bond acceptors (Lipinski definition) is 4. The molecule has 0 saturated carbocycles. The number of benzene rings is 2. The quantitative estimate of drug-likeness (QED) is 0.756. The largest absolute Gasteiger partial charge is 0.493 e. The summed E-state index contributed by atoms with van der Waals surface area (Å²) in [5.41, 5.74) is 1.82. The van der Waals surface area contributed by atoms with Crippen molar-refractivity contribution in [1.82, 2.24) is 9.80 Å². The van der Waals surface area contributed by atoms with Gasteiger partial charge in [0.15, 0.2) is 11.5 Å². The van der Waals surface area contributed by atoms with Crippen molar-refractivity contribution in [2.45, 2.75) is 13.5 Å². The zero-order valence-electron chi connectivity index (χ0n) is 15.8. The molecule has 0 bridgehead atoms. The van der Waals surface area contributed by atoms with E-state index in [2.05, 4.69) is 11.0 Å². The van der Waals surface area contributed by atoms with Gasteiger partial charge in [-0.1, -0.05) is 23.7 Å². The first-order chi connectivity index (χ1) is 13.1. The van der Waals surface area contributed by atoms with E-state index in [1.165, 1.54) is 5.56 Å². The topological polar surface area (TPSA) is 42.0 Å². The van der Waals surface area contributed by atoms with Gasteiger partial charge in [0.2, 0.25) is 0 Å². The molecule has 2 aromatic carbocycles. The van der Waals surface area contributed by atoms with E-state index >= 15 is 0 Å². The SMILES string of the molecule is CCOc1ccc(C(=O)N2CCN(Cc3cccc(Cl)c3)CC2)cc1OC. The lowest BCUT2D eigenvalue weighted by molar-refractivity contribution is 0.0628. The number of ether oxygens (including phenoxy) is 2. The Morgan fingerprint density at radius 2 is 1.85 bits per heavy atom. The molecule has 6 heteroatoms. The third kappa shape index (κ3) is 4.93. The molecular formula is C21H25ClN2O3. The molecule has 27 heavy (non-hydrogen) atoms. The van der Waals surface area contributed by atoms with Crippen molar-refractivity contribution in [1.29, 1.82) is 0 Å². The van der Waals surface area contributed by atoms with Gasteiger partial charge in [0.1, 0.15) is 0 Å². The molecule has 3 rings (SSSR count). The van der Waals surface area contributed by atoms with Gasteiger partial charge in [-0.25, -0.2) is 0 Å². The molecule has 0 aliphatic carbocycles. The Morgan fingerprint density at radius 3 is 2.52 bits per heavy atom. The summed E-state index contributed by atoms with van der Waals surface area (Å²) >= 11 is 6.06. The third-order valence-electron chi connectivity index (χ3n) is 4.67. The number of amides is 1. The van der Waals surface area contributed by atoms with Crippen LogP contribution in [0, 0.1) is 0 Å². The average molecular weight is 389 g/mol. The molecule has 0 radical (unpaired) electrons. The van der Waals surface area contributed by atoms with Crippen LogP contribution in [0.3, 0.4) is 0 Å². The Labute approximate surface area is 165 Å². The van der Waals surface area contributed by atoms with E-state index in [9.17, 15) is 4.79 Å². The maximum atomic E-state index is 12.8. The van der Waals surface area contributed by atoms with Crippen LogP contribution >= 0.6 is 11.6 Å². The number of halogens is 1. The molecule has 1 fully saturated rings. The Hall–Kier alpha value is -2.24. The average Bonchev–Trinajstić information content (AvgIpc) is 2.68. The van der Waals surface area contributed by atoms with Crippen LogP contribution in [0.4, 0.5) is 0 Å². The number of methoxy groups -OCH3 is 1. The van der Waals surface area contributed by atoms with Gasteiger partial charge in [-0.05, 0) is 42.8 Å². The fourth-order valence-corrected chi connectivity index (χ4v) is 3.47. The molecule has 2 aromatic rings. The molecule has 1 amide bonds. The lowest BCUT2D eigenvalue weighted by Crippen LogP contribution is -2.48. The van der Waals surface area contributed by atoms with Crippen LogP contribution in [-0.4, -0.2) is 55.6 Å². The van der Waals surface area contributed by atoms with E-state index in [-0.39, 0.29) is 5.91 Å². The molecular weight excluding hydrogens is 364 g/mol. The van der Waals surface area contributed by atoms with E-state index in [0.29, 0.717) is 36.8 Å². The molecule has 1 aliphatic rings. The van der Waals surface area contributed by atoms with Crippen LogP contribution in [0.25, 0.3) is 0 Å². The number of rotatable bonds is 6. The van der Waals surface area contributed by atoms with Crippen LogP contribution in [0.5, 0.6) is 11.5 Å². The Kier molecular flexibility index (Phi) is 6.58. The van der Waals surface area contributed by atoms with E-state index < -0.39 is 0 Å². The fourth-order valence-electron chi connectivity index (χ4n) is 3.26. The maximum absolute atomic E-state index is 12.8. The van der Waals surface area contributed by atoms with Crippen molar-refractivity contribution >= 4 is 17.5 Å². The summed E-state index contributed by atoms with van der Waals surface area (Å²) in [6.45, 7) is 6.40. The van der Waals surface area contributed by atoms with Gasteiger partial charge < -0.3 is 14.4 Å². The van der Waals surface area contributed by atoms with Crippen molar-refractivity contribution in [3.63, 3.8) is 0 Å². The highest BCUT2D eigenvalue weighted by atomic mass is 35.5. The van der Waals surface area contributed by atoms with E-state index in [1.54, 1.807) is 25.3 Å². The minimum Gasteiger partial charge on any atom is -0.493 e. The molecule has 0 unspecified atom stereocenters. The fraction of sp³-hybridized carbons (Fsp3) is 0.381. The zero-order chi connectivity index (χ0) is 19.2. The van der Waals surface area contributed by atoms with Crippen molar-refractivity contribution in [3.05, 3.63) is 58.6 Å². The summed E-state index contributed by atoms with van der Waals surface area (Å²) in [7, 11) is 1.58. The van der Waals surface area contributed by atoms with Crippen LogP contribution in [0.15, 0.2) is 42.5 Å². The first kappa shape index (κ1) is 19.5. The molecule has 144 valence electrons. The highest BCUT2D eigenvalue weighted by Crippen LogP contribution is 2.28. The van der Waals surface area contributed by atoms with Gasteiger partial charge in [0, 0.05) is 43.3 Å². The summed E-state index contributed by atoms with van der Waals surface area (Å²) in [6, 6.07) is 13.3. The summed E-state index contributed by atoms with van der Waals surface area (Å²) in [5, 5.41) is 0.755. The third-order valence-corrected chi connectivity index (χ3v) is 4.90. The van der Waals surface area contributed by atoms with Crippen LogP contribution in [0.2, 0.25) is 5.02 Å². The van der Waals surface area contributed by atoms with Crippen molar-refractivity contribution in [3.8, 4) is 11.5 Å². The number of piperazine rings is 1. The van der Waals surface area contributed by atoms with Gasteiger partial charge in [0.05, 0.1) is 13.7 Å². The Balaban J connectivity index is 1.59. The zero-order valence-corrected chi connectivity index (χ0v) is 16.5. The second-order valence-corrected chi connectivity index (χ2v) is 6.93. The first-order valence-electron chi connectivity index (χ1n) is 9.17. The van der Waals surface area contributed by atoms with Crippen molar-refractivity contribution in [2.75, 3.05) is 39.9 Å². The first-order valence-corrected chi connectivity index (χ1v) is 9.55. The normalized spacial score (nSPS) is 14.9. The van der Waals surface area contributed by atoms with Crippen LogP contribution in [-0.2, 0) is 6.54 Å². The molecule has 0 aromatic heterocycles. The summed E-state index contributed by atoms with van der Waals surface area (Å²) in [5.74, 6) is 1.27. The Bertz CT molecular complexity index is 789. The number of hydrogen-bond donors (Lipinski definition) is 0. The summed E-state index contributed by atoms with van der Waals surface area (Å²) in [6.07, 6.45) is 0. The predicted molar refractivity (Wildman–Crippen MR) is 107 cm³/mol. The van der Waals surface area contributed by atoms with Crippen molar-refractivity contribution in [2.24, 2.45) is 0 Å². The minimum atomic E-state index is 0.0266. The van der Waals surface area contributed by atoms with E-state index in [0.717, 1.165) is 24.7 Å². The Morgan fingerprint density at radius 1 is 1.07 bits per heavy atom. The van der Waals surface area contributed by atoms with Gasteiger partial charge in [0.25, 0.3) is 5.91 Å². The summed E-state index contributed by atoms with van der Waals surface area (Å²) in [4.78, 5) is 17.1. The van der Waals surface area contributed by atoms with Crippen LogP contribution < -0.4 is 9.47 Å². The smallest absolute Gasteiger partial charge is 0.254 e. The predicted octanol–water partition coefficient (Wildman–Crippen LogP) is 3.71. The monoisotopic (exact) mass is 388 g/mol. The molecule has 5 nitrogen and oxygen atoms in total. The van der Waals surface area contributed by atoms with Crippen molar-refractivity contribution < 1.29 is 14.3 Å². The lowest BCUT2D eigenvalue weighted by atomic mass is 10.1. The molecule has 1 aliphatic heterocycles. The summed E-state index contributed by atoms with van der Waals surface area (Å²) < 4.78 is 10.9. The number of nitrogens with zero attached hydrogens (tertiary/aromatic N) is 2. The lowest BCUT2D eigenvalue weighted by Gasteiger charge is -2.35. The number of carbonyl (C=O) groups is 1.